The number of aryl methyl sites for hydroxylation is 1. The number of carbonyl (C=O) groups is 1. The third-order valence-corrected chi connectivity index (χ3v) is 3.40. The largest absolute Gasteiger partial charge is 0.436 e. The molecule has 0 unspecified atom stereocenters. The van der Waals surface area contributed by atoms with E-state index in [4.69, 9.17) is 16.0 Å². The molecule has 0 fully saturated rings. The number of hydrogen-bond acceptors (Lipinski definition) is 4. The molecule has 0 bridgehead atoms. The fourth-order valence-electron chi connectivity index (χ4n) is 1.98. The van der Waals surface area contributed by atoms with Crippen LogP contribution in [0.1, 0.15) is 11.5 Å². The first kappa shape index (κ1) is 14.4. The van der Waals surface area contributed by atoms with Gasteiger partial charge in [0, 0.05) is 16.9 Å². The zero-order valence-electron chi connectivity index (χ0n) is 11.8. The van der Waals surface area contributed by atoms with Gasteiger partial charge in [-0.25, -0.2) is 4.98 Å². The molecular formula is C17H13ClN2O2. The molecular weight excluding hydrogens is 300 g/mol. The van der Waals surface area contributed by atoms with Crippen molar-refractivity contribution in [1.82, 2.24) is 4.98 Å². The maximum Gasteiger partial charge on any atom is 0.232 e. The molecule has 0 saturated heterocycles. The van der Waals surface area contributed by atoms with E-state index >= 15 is 0 Å². The molecule has 0 atom stereocenters. The predicted octanol–water partition coefficient (Wildman–Crippen LogP) is 4.44. The van der Waals surface area contributed by atoms with E-state index in [0.29, 0.717) is 28.0 Å². The molecule has 1 N–H and O–H groups in total. The second-order valence-corrected chi connectivity index (χ2v) is 5.30. The molecule has 0 aliphatic heterocycles. The standard InChI is InChI=1S/C17H13ClN2O2/c1-11-2-5-14(6-3-11)19-9-12(10-21)17-20-15-8-13(18)4-7-16(15)22-17/h2-10,19H,1H3. The van der Waals surface area contributed by atoms with Gasteiger partial charge in [0.15, 0.2) is 11.9 Å². The molecule has 1 heterocycles. The van der Waals surface area contributed by atoms with Crippen molar-refractivity contribution in [2.75, 3.05) is 5.32 Å². The summed E-state index contributed by atoms with van der Waals surface area (Å²) in [5.41, 5.74) is 3.58. The molecule has 3 rings (SSSR count). The van der Waals surface area contributed by atoms with Gasteiger partial charge in [0.05, 0.1) is 5.57 Å². The third-order valence-electron chi connectivity index (χ3n) is 3.17. The number of benzene rings is 2. The Morgan fingerprint density at radius 1 is 1.23 bits per heavy atom. The number of halogens is 1. The van der Waals surface area contributed by atoms with Crippen molar-refractivity contribution in [1.29, 1.82) is 0 Å². The quantitative estimate of drug-likeness (QED) is 0.571. The van der Waals surface area contributed by atoms with Crippen LogP contribution in [0.25, 0.3) is 16.7 Å². The van der Waals surface area contributed by atoms with E-state index in [1.54, 1.807) is 24.4 Å². The Morgan fingerprint density at radius 2 is 2.00 bits per heavy atom. The Labute approximate surface area is 132 Å². The van der Waals surface area contributed by atoms with Gasteiger partial charge in [-0.3, -0.25) is 4.79 Å². The lowest BCUT2D eigenvalue weighted by Gasteiger charge is -2.01. The molecule has 0 aliphatic rings. The number of nitrogens with zero attached hydrogens (tertiary/aromatic N) is 1. The summed E-state index contributed by atoms with van der Waals surface area (Å²) in [6.07, 6.45) is 2.28. The highest BCUT2D eigenvalue weighted by molar-refractivity contribution is 6.31. The first-order valence-electron chi connectivity index (χ1n) is 6.71. The number of nitrogens with one attached hydrogen (secondary N) is 1. The second-order valence-electron chi connectivity index (χ2n) is 4.86. The SMILES string of the molecule is Cc1ccc(NC=C(C=O)c2nc3cc(Cl)ccc3o2)cc1. The summed E-state index contributed by atoms with van der Waals surface area (Å²) in [6.45, 7) is 2.01. The van der Waals surface area contributed by atoms with Gasteiger partial charge in [-0.2, -0.15) is 0 Å². The van der Waals surface area contributed by atoms with Crippen LogP contribution in [0.5, 0.6) is 0 Å². The summed E-state index contributed by atoms with van der Waals surface area (Å²) in [6, 6.07) is 13.0. The summed E-state index contributed by atoms with van der Waals surface area (Å²) in [7, 11) is 0. The fourth-order valence-corrected chi connectivity index (χ4v) is 2.15. The molecule has 0 spiro atoms. The van der Waals surface area contributed by atoms with E-state index in [-0.39, 0.29) is 5.89 Å². The predicted molar refractivity (Wildman–Crippen MR) is 87.9 cm³/mol. The van der Waals surface area contributed by atoms with Crippen molar-refractivity contribution in [3.63, 3.8) is 0 Å². The van der Waals surface area contributed by atoms with E-state index in [9.17, 15) is 4.79 Å². The summed E-state index contributed by atoms with van der Waals surface area (Å²) in [4.78, 5) is 15.6. The van der Waals surface area contributed by atoms with Crippen LogP contribution in [0.4, 0.5) is 5.69 Å². The molecule has 0 saturated carbocycles. The maximum absolute atomic E-state index is 11.3. The van der Waals surface area contributed by atoms with Crippen molar-refractivity contribution in [3.05, 3.63) is 65.1 Å². The first-order chi connectivity index (χ1) is 10.7. The molecule has 0 aliphatic carbocycles. The van der Waals surface area contributed by atoms with Crippen molar-refractivity contribution in [3.8, 4) is 0 Å². The average molecular weight is 313 g/mol. The number of rotatable bonds is 4. The number of fused-ring (bicyclic) bond motifs is 1. The Bertz CT molecular complexity index is 851. The topological polar surface area (TPSA) is 55.1 Å². The van der Waals surface area contributed by atoms with Crippen molar-refractivity contribution in [2.45, 2.75) is 6.92 Å². The zero-order chi connectivity index (χ0) is 15.5. The minimum atomic E-state index is 0.256. The highest BCUT2D eigenvalue weighted by atomic mass is 35.5. The van der Waals surface area contributed by atoms with E-state index in [1.165, 1.54) is 5.56 Å². The number of anilines is 1. The van der Waals surface area contributed by atoms with Crippen LogP contribution in [-0.4, -0.2) is 11.3 Å². The average Bonchev–Trinajstić information content (AvgIpc) is 2.92. The molecule has 3 aromatic rings. The summed E-state index contributed by atoms with van der Waals surface area (Å²) >= 11 is 5.92. The number of hydrogen-bond donors (Lipinski definition) is 1. The van der Waals surface area contributed by atoms with Crippen LogP contribution >= 0.6 is 11.6 Å². The molecule has 2 aromatic carbocycles. The fraction of sp³-hybridized carbons (Fsp3) is 0.0588. The Balaban J connectivity index is 1.89. The van der Waals surface area contributed by atoms with Gasteiger partial charge in [-0.15, -0.1) is 0 Å². The monoisotopic (exact) mass is 312 g/mol. The molecule has 5 heteroatoms. The highest BCUT2D eigenvalue weighted by Gasteiger charge is 2.10. The summed E-state index contributed by atoms with van der Waals surface area (Å²) in [5, 5.41) is 3.63. The second kappa shape index (κ2) is 6.03. The van der Waals surface area contributed by atoms with E-state index in [2.05, 4.69) is 10.3 Å². The Morgan fingerprint density at radius 3 is 2.73 bits per heavy atom. The molecule has 110 valence electrons. The minimum absolute atomic E-state index is 0.256. The Kier molecular flexibility index (Phi) is 3.94. The summed E-state index contributed by atoms with van der Waals surface area (Å²) in [5.74, 6) is 0.256. The molecule has 22 heavy (non-hydrogen) atoms. The van der Waals surface area contributed by atoms with Crippen molar-refractivity contribution < 1.29 is 9.21 Å². The normalized spacial score (nSPS) is 11.6. The lowest BCUT2D eigenvalue weighted by Crippen LogP contribution is -1.93. The lowest BCUT2D eigenvalue weighted by atomic mass is 10.2. The van der Waals surface area contributed by atoms with Gasteiger partial charge in [0.1, 0.15) is 5.52 Å². The Hall–Kier alpha value is -2.59. The number of aromatic nitrogens is 1. The number of allylic oxidation sites excluding steroid dienone is 1. The first-order valence-corrected chi connectivity index (χ1v) is 7.08. The minimum Gasteiger partial charge on any atom is -0.436 e. The van der Waals surface area contributed by atoms with Crippen LogP contribution in [0.15, 0.2) is 53.1 Å². The van der Waals surface area contributed by atoms with Crippen LogP contribution < -0.4 is 5.32 Å². The van der Waals surface area contributed by atoms with Crippen molar-refractivity contribution >= 4 is 40.2 Å². The van der Waals surface area contributed by atoms with Gasteiger partial charge in [-0.1, -0.05) is 29.3 Å². The van der Waals surface area contributed by atoms with Crippen molar-refractivity contribution in [2.24, 2.45) is 0 Å². The number of oxazole rings is 1. The van der Waals surface area contributed by atoms with E-state index in [0.717, 1.165) is 5.69 Å². The smallest absolute Gasteiger partial charge is 0.232 e. The molecule has 0 radical (unpaired) electrons. The maximum atomic E-state index is 11.3. The number of carbonyl (C=O) groups excluding carboxylic acids is 1. The zero-order valence-corrected chi connectivity index (χ0v) is 12.6. The van der Waals surface area contributed by atoms with E-state index in [1.807, 2.05) is 31.2 Å². The van der Waals surface area contributed by atoms with Crippen LogP contribution in [0.2, 0.25) is 5.02 Å². The van der Waals surface area contributed by atoms with Gasteiger partial charge >= 0.3 is 0 Å². The van der Waals surface area contributed by atoms with E-state index < -0.39 is 0 Å². The van der Waals surface area contributed by atoms with Gasteiger partial charge in [0.2, 0.25) is 5.89 Å². The van der Waals surface area contributed by atoms with Crippen LogP contribution in [0, 0.1) is 6.92 Å². The third kappa shape index (κ3) is 3.02. The van der Waals surface area contributed by atoms with Crippen LogP contribution in [-0.2, 0) is 4.79 Å². The van der Waals surface area contributed by atoms with Gasteiger partial charge in [-0.05, 0) is 37.3 Å². The molecule has 4 nitrogen and oxygen atoms in total. The number of aldehydes is 1. The summed E-state index contributed by atoms with van der Waals surface area (Å²) < 4.78 is 5.57. The molecule has 1 aromatic heterocycles. The van der Waals surface area contributed by atoms with Gasteiger partial charge < -0.3 is 9.73 Å². The highest BCUT2D eigenvalue weighted by Crippen LogP contribution is 2.23. The molecule has 0 amide bonds. The van der Waals surface area contributed by atoms with Crippen LogP contribution in [0.3, 0.4) is 0 Å². The lowest BCUT2D eigenvalue weighted by molar-refractivity contribution is -0.103. The van der Waals surface area contributed by atoms with Gasteiger partial charge in [0.25, 0.3) is 0 Å².